The molecule has 1 heterocycles. The van der Waals surface area contributed by atoms with Crippen molar-refractivity contribution in [3.63, 3.8) is 0 Å². The number of nitro benzene ring substituents is 1. The number of nitrogens with zero attached hydrogens (tertiary/aromatic N) is 3. The van der Waals surface area contributed by atoms with Gasteiger partial charge < -0.3 is 14.8 Å². The minimum atomic E-state index is -4.12. The Morgan fingerprint density at radius 1 is 1.13 bits per heavy atom. The number of anilines is 2. The van der Waals surface area contributed by atoms with Crippen molar-refractivity contribution in [2.24, 2.45) is 0 Å². The summed E-state index contributed by atoms with van der Waals surface area (Å²) >= 11 is 0. The summed E-state index contributed by atoms with van der Waals surface area (Å²) in [6, 6.07) is 8.47. The van der Waals surface area contributed by atoms with E-state index in [0.29, 0.717) is 12.8 Å². The molecule has 0 unspecified atom stereocenters. The van der Waals surface area contributed by atoms with Gasteiger partial charge in [0.25, 0.3) is 5.69 Å². The van der Waals surface area contributed by atoms with E-state index in [-0.39, 0.29) is 35.1 Å². The third-order valence-electron chi connectivity index (χ3n) is 5.62. The SMILES string of the molecule is CC(C)NS(=O)(=O)c1c(F)cccc1Nc1ncc(C2CC(OC(=O)Oc3ccc([N+](=O)[O-])cc3)C2)cn1. The molecule has 1 aliphatic carbocycles. The third kappa shape index (κ3) is 6.39. The number of hydrogen-bond acceptors (Lipinski definition) is 10. The van der Waals surface area contributed by atoms with Gasteiger partial charge in [0.15, 0.2) is 0 Å². The average molecular weight is 546 g/mol. The third-order valence-corrected chi connectivity index (χ3v) is 7.36. The molecule has 0 saturated heterocycles. The van der Waals surface area contributed by atoms with Crippen molar-refractivity contribution in [2.75, 3.05) is 5.32 Å². The van der Waals surface area contributed by atoms with Gasteiger partial charge in [-0.1, -0.05) is 6.07 Å². The second kappa shape index (κ2) is 11.1. The van der Waals surface area contributed by atoms with Crippen molar-refractivity contribution >= 4 is 33.5 Å². The zero-order chi connectivity index (χ0) is 27.4. The van der Waals surface area contributed by atoms with E-state index >= 15 is 0 Å². The molecule has 0 atom stereocenters. The van der Waals surface area contributed by atoms with E-state index < -0.39 is 37.9 Å². The second-order valence-corrected chi connectivity index (χ2v) is 10.5. The summed E-state index contributed by atoms with van der Waals surface area (Å²) < 4.78 is 52.3. The predicted octanol–water partition coefficient (Wildman–Crippen LogP) is 4.42. The van der Waals surface area contributed by atoms with Gasteiger partial charge in [0.05, 0.1) is 10.6 Å². The van der Waals surface area contributed by atoms with Gasteiger partial charge >= 0.3 is 6.16 Å². The topological polar surface area (TPSA) is 163 Å². The van der Waals surface area contributed by atoms with Crippen LogP contribution in [0.3, 0.4) is 0 Å². The lowest BCUT2D eigenvalue weighted by Gasteiger charge is -2.34. The number of carbonyl (C=O) groups excluding carboxylic acids is 1. The smallest absolute Gasteiger partial charge is 0.431 e. The summed E-state index contributed by atoms with van der Waals surface area (Å²) in [5.74, 6) is -0.671. The van der Waals surface area contributed by atoms with Crippen LogP contribution in [0.5, 0.6) is 5.75 Å². The van der Waals surface area contributed by atoms with Crippen molar-refractivity contribution in [2.45, 2.75) is 49.6 Å². The number of non-ortho nitro benzene ring substituents is 1. The Morgan fingerprint density at radius 2 is 1.79 bits per heavy atom. The molecule has 1 aliphatic rings. The second-order valence-electron chi connectivity index (χ2n) is 8.87. The van der Waals surface area contributed by atoms with Crippen molar-refractivity contribution in [3.05, 3.63) is 76.4 Å². The van der Waals surface area contributed by atoms with Crippen LogP contribution in [0.2, 0.25) is 0 Å². The van der Waals surface area contributed by atoms with Crippen molar-refractivity contribution in [1.29, 1.82) is 0 Å². The number of ether oxygens (including phenoxy) is 2. The molecule has 0 bridgehead atoms. The zero-order valence-electron chi connectivity index (χ0n) is 20.3. The maximum absolute atomic E-state index is 14.4. The first-order valence-corrected chi connectivity index (χ1v) is 13.0. The highest BCUT2D eigenvalue weighted by Crippen LogP contribution is 2.38. The number of hydrogen-bond donors (Lipinski definition) is 2. The monoisotopic (exact) mass is 545 g/mol. The Hall–Kier alpha value is -4.17. The average Bonchev–Trinajstić information content (AvgIpc) is 2.81. The summed E-state index contributed by atoms with van der Waals surface area (Å²) in [6.07, 6.45) is 2.86. The Bertz CT molecular complexity index is 1430. The van der Waals surface area contributed by atoms with Crippen molar-refractivity contribution < 1.29 is 32.0 Å². The molecule has 2 aromatic carbocycles. The molecule has 0 amide bonds. The predicted molar refractivity (Wildman–Crippen MR) is 133 cm³/mol. The van der Waals surface area contributed by atoms with E-state index in [2.05, 4.69) is 20.0 Å². The summed E-state index contributed by atoms with van der Waals surface area (Å²) in [5.41, 5.74) is 0.655. The van der Waals surface area contributed by atoms with Gasteiger partial charge in [-0.25, -0.2) is 32.3 Å². The molecule has 1 aromatic heterocycles. The fourth-order valence-electron chi connectivity index (χ4n) is 3.81. The zero-order valence-corrected chi connectivity index (χ0v) is 21.1. The molecule has 14 heteroatoms. The lowest BCUT2D eigenvalue weighted by Crippen LogP contribution is -2.33. The first-order chi connectivity index (χ1) is 18.0. The first-order valence-electron chi connectivity index (χ1n) is 11.5. The molecule has 0 spiro atoms. The molecule has 2 N–H and O–H groups in total. The summed E-state index contributed by atoms with van der Waals surface area (Å²) in [6.45, 7) is 3.26. The largest absolute Gasteiger partial charge is 0.514 e. The van der Waals surface area contributed by atoms with Crippen LogP contribution in [-0.4, -0.2) is 41.6 Å². The Balaban J connectivity index is 1.32. The van der Waals surface area contributed by atoms with E-state index in [4.69, 9.17) is 9.47 Å². The molecular weight excluding hydrogens is 521 g/mol. The maximum atomic E-state index is 14.4. The molecule has 0 aliphatic heterocycles. The number of nitro groups is 1. The molecule has 4 rings (SSSR count). The van der Waals surface area contributed by atoms with Gasteiger partial charge in [-0.2, -0.15) is 0 Å². The molecule has 1 saturated carbocycles. The Labute approximate surface area is 217 Å². The molecule has 0 radical (unpaired) electrons. The van der Waals surface area contributed by atoms with E-state index in [1.54, 1.807) is 26.2 Å². The van der Waals surface area contributed by atoms with Crippen molar-refractivity contribution in [1.82, 2.24) is 14.7 Å². The number of nitrogens with one attached hydrogen (secondary N) is 2. The van der Waals surface area contributed by atoms with Crippen LogP contribution in [0, 0.1) is 15.9 Å². The van der Waals surface area contributed by atoms with Gasteiger partial charge in [0.2, 0.25) is 16.0 Å². The minimum Gasteiger partial charge on any atom is -0.431 e. The van der Waals surface area contributed by atoms with Crippen molar-refractivity contribution in [3.8, 4) is 5.75 Å². The number of carbonyl (C=O) groups is 1. The van der Waals surface area contributed by atoms with E-state index in [0.717, 1.165) is 11.6 Å². The standard InChI is InChI=1S/C24H24FN5O7S/c1-14(2)29-38(34,35)22-20(25)4-3-5-21(22)28-23-26-12-16(13-27-23)15-10-19(11-15)37-24(31)36-18-8-6-17(7-9-18)30(32)33/h3-9,12-15,19,29H,10-11H2,1-2H3,(H,26,27,28). The maximum Gasteiger partial charge on any atom is 0.514 e. The fourth-order valence-corrected chi connectivity index (χ4v) is 5.28. The quantitative estimate of drug-likeness (QED) is 0.170. The van der Waals surface area contributed by atoms with Crippen LogP contribution in [0.4, 0.5) is 26.5 Å². The van der Waals surface area contributed by atoms with Crippen LogP contribution >= 0.6 is 0 Å². The number of rotatable bonds is 9. The van der Waals surface area contributed by atoms with Crippen LogP contribution in [0.1, 0.15) is 38.2 Å². The number of aromatic nitrogens is 2. The minimum absolute atomic E-state index is 0.00505. The van der Waals surface area contributed by atoms with Gasteiger partial charge in [-0.3, -0.25) is 10.1 Å². The summed E-state index contributed by atoms with van der Waals surface area (Å²) in [5, 5.41) is 13.4. The van der Waals surface area contributed by atoms with Crippen LogP contribution < -0.4 is 14.8 Å². The van der Waals surface area contributed by atoms with E-state index in [9.17, 15) is 27.7 Å². The summed E-state index contributed by atoms with van der Waals surface area (Å²) in [4.78, 5) is 30.0. The highest BCUT2D eigenvalue weighted by molar-refractivity contribution is 7.89. The van der Waals surface area contributed by atoms with Gasteiger partial charge in [-0.05, 0) is 62.4 Å². The lowest BCUT2D eigenvalue weighted by atomic mass is 9.78. The highest BCUT2D eigenvalue weighted by atomic mass is 32.2. The Morgan fingerprint density at radius 3 is 2.39 bits per heavy atom. The molecule has 200 valence electrons. The first kappa shape index (κ1) is 26.9. The number of halogens is 1. The van der Waals surface area contributed by atoms with E-state index in [1.165, 1.54) is 36.4 Å². The van der Waals surface area contributed by atoms with Gasteiger partial charge in [0, 0.05) is 30.6 Å². The van der Waals surface area contributed by atoms with Crippen LogP contribution in [-0.2, 0) is 14.8 Å². The molecule has 1 fully saturated rings. The highest BCUT2D eigenvalue weighted by Gasteiger charge is 2.34. The number of benzene rings is 2. The van der Waals surface area contributed by atoms with Gasteiger partial charge in [0.1, 0.15) is 22.6 Å². The van der Waals surface area contributed by atoms with Crippen LogP contribution in [0.25, 0.3) is 0 Å². The summed E-state index contributed by atoms with van der Waals surface area (Å²) in [7, 11) is -4.12. The number of sulfonamides is 1. The molecule has 12 nitrogen and oxygen atoms in total. The molecule has 38 heavy (non-hydrogen) atoms. The van der Waals surface area contributed by atoms with E-state index in [1.807, 2.05) is 0 Å². The molecular formula is C24H24FN5O7S. The normalized spacial score (nSPS) is 16.9. The van der Waals surface area contributed by atoms with Crippen LogP contribution in [0.15, 0.2) is 59.8 Å². The fraction of sp³-hybridized carbons (Fsp3) is 0.292. The molecule has 3 aromatic rings. The Kier molecular flexibility index (Phi) is 7.83. The lowest BCUT2D eigenvalue weighted by molar-refractivity contribution is -0.384. The van der Waals surface area contributed by atoms with Gasteiger partial charge in [-0.15, -0.1) is 0 Å².